The fourth-order valence-electron chi connectivity index (χ4n) is 3.88. The van der Waals surface area contributed by atoms with Crippen LogP contribution in [0.3, 0.4) is 0 Å². The van der Waals surface area contributed by atoms with Gasteiger partial charge in [0.05, 0.1) is 13.2 Å². The number of Topliss-reactive ketones (excluding diaryl/α,β-unsaturated/α-hetero) is 1. The number of amides is 2. The minimum atomic E-state index is -1.69. The summed E-state index contributed by atoms with van der Waals surface area (Å²) in [7, 11) is 0. The van der Waals surface area contributed by atoms with Crippen LogP contribution in [-0.4, -0.2) is 94.5 Å². The van der Waals surface area contributed by atoms with Crippen molar-refractivity contribution in [2.24, 2.45) is 5.41 Å². The average Bonchev–Trinajstić information content (AvgIpc) is 3.14. The molecule has 0 bridgehead atoms. The van der Waals surface area contributed by atoms with Crippen LogP contribution in [0.15, 0.2) is 29.7 Å². The van der Waals surface area contributed by atoms with E-state index in [-0.39, 0.29) is 60.5 Å². The third kappa shape index (κ3) is 3.62. The molecule has 0 radical (unpaired) electrons. The van der Waals surface area contributed by atoms with Crippen molar-refractivity contribution in [3.63, 3.8) is 0 Å². The van der Waals surface area contributed by atoms with E-state index in [0.29, 0.717) is 19.2 Å². The van der Waals surface area contributed by atoms with Crippen molar-refractivity contribution >= 4 is 47.2 Å². The number of ether oxygens (including phenoxy) is 1. The Kier molecular flexibility index (Phi) is 6.24. The summed E-state index contributed by atoms with van der Waals surface area (Å²) in [6.07, 6.45) is -0.507. The average molecular weight is 431 g/mol. The summed E-state index contributed by atoms with van der Waals surface area (Å²) in [4.78, 5) is 41.1. The number of fused-ring (bicyclic) bond motifs is 2. The van der Waals surface area contributed by atoms with E-state index in [1.54, 1.807) is 0 Å². The summed E-state index contributed by atoms with van der Waals surface area (Å²) in [5.41, 5.74) is -1.77. The molecule has 2 saturated heterocycles. The summed E-state index contributed by atoms with van der Waals surface area (Å²) in [6, 6.07) is 2.95. The molecule has 0 spiro atoms. The number of carbonyl (C=O) groups is 3. The van der Waals surface area contributed by atoms with Gasteiger partial charge in [0.1, 0.15) is 29.0 Å². The zero-order chi connectivity index (χ0) is 20.9. The molecule has 1 unspecified atom stereocenters. The second-order valence-corrected chi connectivity index (χ2v) is 7.48. The number of benzene rings is 1. The minimum absolute atomic E-state index is 0. The van der Waals surface area contributed by atoms with Crippen molar-refractivity contribution in [1.29, 1.82) is 0 Å². The second-order valence-electron chi connectivity index (χ2n) is 7.48. The second kappa shape index (κ2) is 8.26. The van der Waals surface area contributed by atoms with E-state index in [2.05, 4.69) is 5.32 Å². The Labute approximate surface area is 193 Å². The van der Waals surface area contributed by atoms with E-state index in [1.807, 2.05) is 0 Å². The van der Waals surface area contributed by atoms with Gasteiger partial charge in [0.2, 0.25) is 11.7 Å². The summed E-state index contributed by atoms with van der Waals surface area (Å²) in [5, 5.41) is 12.9. The van der Waals surface area contributed by atoms with Crippen LogP contribution in [0.1, 0.15) is 12.5 Å². The quantitative estimate of drug-likeness (QED) is 0.508. The van der Waals surface area contributed by atoms with Crippen LogP contribution in [-0.2, 0) is 25.7 Å². The first-order chi connectivity index (χ1) is 13.7. The van der Waals surface area contributed by atoms with E-state index < -0.39 is 46.6 Å². The number of hydrogen-bond acceptors (Lipinski definition) is 6. The van der Waals surface area contributed by atoms with Gasteiger partial charge in [-0.2, -0.15) is 0 Å². The van der Waals surface area contributed by atoms with Crippen LogP contribution in [0.4, 0.5) is 8.78 Å². The zero-order valence-electron chi connectivity index (χ0n) is 15.6. The fraction of sp³-hybridized carbons (Fsp3) is 0.421. The monoisotopic (exact) mass is 431 g/mol. The fourth-order valence-corrected chi connectivity index (χ4v) is 3.88. The van der Waals surface area contributed by atoms with Gasteiger partial charge in [0.15, 0.2) is 5.76 Å². The number of nitrogens with one attached hydrogen (secondary N) is 1. The molecule has 2 atom stereocenters. The SMILES string of the molecule is CC1(C(=O)NCc2ccc(F)cc2F)CN2C[C@@H]3OCCN3C(=O)C2=C(O)C1=O.[NaH]. The van der Waals surface area contributed by atoms with Gasteiger partial charge in [0.25, 0.3) is 5.91 Å². The molecule has 0 aromatic heterocycles. The summed E-state index contributed by atoms with van der Waals surface area (Å²) >= 11 is 0. The van der Waals surface area contributed by atoms with Crippen molar-refractivity contribution in [1.82, 2.24) is 15.1 Å². The van der Waals surface area contributed by atoms with Gasteiger partial charge in [-0.1, -0.05) is 6.07 Å². The molecular formula is C19H20F2N3NaO5. The molecule has 1 aromatic rings. The molecule has 0 aliphatic carbocycles. The third-order valence-corrected chi connectivity index (χ3v) is 5.55. The van der Waals surface area contributed by atoms with Gasteiger partial charge >= 0.3 is 29.6 Å². The predicted octanol–water partition coefficient (Wildman–Crippen LogP) is -0.208. The molecule has 11 heteroatoms. The normalized spacial score (nSPS) is 25.6. The molecule has 30 heavy (non-hydrogen) atoms. The van der Waals surface area contributed by atoms with Gasteiger partial charge in [-0.05, 0) is 13.0 Å². The number of ketones is 1. The number of rotatable bonds is 3. The van der Waals surface area contributed by atoms with Gasteiger partial charge in [-0.3, -0.25) is 14.4 Å². The van der Waals surface area contributed by atoms with Crippen LogP contribution in [0.2, 0.25) is 0 Å². The van der Waals surface area contributed by atoms with Crippen molar-refractivity contribution < 1.29 is 33.0 Å². The van der Waals surface area contributed by atoms with Crippen molar-refractivity contribution in [3.8, 4) is 0 Å². The number of aliphatic hydroxyl groups is 1. The van der Waals surface area contributed by atoms with Crippen molar-refractivity contribution in [2.75, 3.05) is 26.2 Å². The number of piperazine rings is 1. The molecule has 2 amide bonds. The number of aliphatic hydroxyl groups excluding tert-OH is 1. The van der Waals surface area contributed by atoms with Crippen LogP contribution >= 0.6 is 0 Å². The van der Waals surface area contributed by atoms with Crippen LogP contribution in [0.25, 0.3) is 0 Å². The molecule has 4 rings (SSSR count). The number of allylic oxidation sites excluding steroid dienone is 1. The molecule has 156 valence electrons. The summed E-state index contributed by atoms with van der Waals surface area (Å²) < 4.78 is 32.3. The van der Waals surface area contributed by atoms with E-state index in [4.69, 9.17) is 4.74 Å². The first-order valence-electron chi connectivity index (χ1n) is 9.10. The molecule has 2 N–H and O–H groups in total. The van der Waals surface area contributed by atoms with Crippen LogP contribution in [0.5, 0.6) is 0 Å². The van der Waals surface area contributed by atoms with Crippen molar-refractivity contribution in [2.45, 2.75) is 19.7 Å². The first kappa shape index (κ1) is 22.7. The maximum atomic E-state index is 13.8. The summed E-state index contributed by atoms with van der Waals surface area (Å²) in [5.74, 6) is -4.47. The van der Waals surface area contributed by atoms with E-state index >= 15 is 0 Å². The van der Waals surface area contributed by atoms with Crippen LogP contribution in [0, 0.1) is 17.0 Å². The molecule has 3 heterocycles. The zero-order valence-corrected chi connectivity index (χ0v) is 15.6. The molecular weight excluding hydrogens is 411 g/mol. The molecule has 8 nitrogen and oxygen atoms in total. The molecule has 0 saturated carbocycles. The number of halogens is 2. The number of carbonyl (C=O) groups excluding carboxylic acids is 3. The van der Waals surface area contributed by atoms with E-state index in [0.717, 1.165) is 6.07 Å². The molecule has 3 aliphatic rings. The van der Waals surface area contributed by atoms with Gasteiger partial charge in [-0.15, -0.1) is 0 Å². The Balaban J connectivity index is 0.00000256. The first-order valence-corrected chi connectivity index (χ1v) is 9.10. The maximum absolute atomic E-state index is 13.8. The standard InChI is InChI=1S/C19H19F2N3O5.Na.H/c1-19(18(28)22-7-10-2-3-11(20)6-12(10)21)9-23-8-13-24(4-5-29-13)17(27)14(23)15(25)16(19)26;;/h2-3,6,13,25H,4-5,7-9H2,1H3,(H,22,28);;/t13-,19?;;/m0../s1. The van der Waals surface area contributed by atoms with Gasteiger partial charge < -0.3 is 25.0 Å². The van der Waals surface area contributed by atoms with Gasteiger partial charge in [-0.25, -0.2) is 8.78 Å². The van der Waals surface area contributed by atoms with Gasteiger partial charge in [0, 0.05) is 31.3 Å². The summed E-state index contributed by atoms with van der Waals surface area (Å²) in [6.45, 7) is 1.89. The molecule has 1 aromatic carbocycles. The van der Waals surface area contributed by atoms with E-state index in [1.165, 1.54) is 22.8 Å². The Morgan fingerprint density at radius 1 is 1.37 bits per heavy atom. The Morgan fingerprint density at radius 3 is 2.80 bits per heavy atom. The molecule has 2 fully saturated rings. The number of nitrogens with zero attached hydrogens (tertiary/aromatic N) is 2. The number of hydrogen-bond donors (Lipinski definition) is 2. The molecule has 3 aliphatic heterocycles. The Hall–Kier alpha value is -2.01. The van der Waals surface area contributed by atoms with Crippen molar-refractivity contribution in [3.05, 3.63) is 46.9 Å². The van der Waals surface area contributed by atoms with Crippen LogP contribution < -0.4 is 5.32 Å². The Bertz CT molecular complexity index is 956. The van der Waals surface area contributed by atoms with E-state index in [9.17, 15) is 28.3 Å². The predicted molar refractivity (Wildman–Crippen MR) is 101 cm³/mol. The topological polar surface area (TPSA) is 99.2 Å². The third-order valence-electron chi connectivity index (χ3n) is 5.55. The Morgan fingerprint density at radius 2 is 2.10 bits per heavy atom.